The van der Waals surface area contributed by atoms with Crippen molar-refractivity contribution in [1.82, 2.24) is 4.90 Å². The number of para-hydroxylation sites is 1. The molecular formula is C21H19N3O2S. The standard InChI is InChI=1S/C21H19N3O2S/c1-13(2)18-20(26)24-19(23-18)15-10-6-7-11-16(15)22-21(24)27-12-17(25)14-8-4-3-5-9-14/h3-11,13,18H,12H2,1-2H3/t18-/m0/s1. The van der Waals surface area contributed by atoms with Gasteiger partial charge in [0.05, 0.1) is 11.4 Å². The fourth-order valence-corrected chi connectivity index (χ4v) is 4.03. The number of benzene rings is 2. The van der Waals surface area contributed by atoms with Gasteiger partial charge in [0.25, 0.3) is 5.91 Å². The Morgan fingerprint density at radius 3 is 2.56 bits per heavy atom. The van der Waals surface area contributed by atoms with Crippen LogP contribution in [0.5, 0.6) is 0 Å². The number of hydrogen-bond donors (Lipinski definition) is 0. The molecule has 0 saturated carbocycles. The maximum absolute atomic E-state index is 12.9. The quantitative estimate of drug-likeness (QED) is 0.759. The van der Waals surface area contributed by atoms with Gasteiger partial charge in [0, 0.05) is 11.1 Å². The van der Waals surface area contributed by atoms with E-state index in [1.165, 1.54) is 11.8 Å². The summed E-state index contributed by atoms with van der Waals surface area (Å²) in [6.07, 6.45) is 0. The van der Waals surface area contributed by atoms with Gasteiger partial charge in [-0.25, -0.2) is 9.89 Å². The van der Waals surface area contributed by atoms with E-state index in [0.29, 0.717) is 16.6 Å². The molecule has 136 valence electrons. The van der Waals surface area contributed by atoms with Crippen LogP contribution in [-0.4, -0.2) is 39.4 Å². The lowest BCUT2D eigenvalue weighted by Gasteiger charge is -2.25. The summed E-state index contributed by atoms with van der Waals surface area (Å²) in [5, 5.41) is 0.518. The van der Waals surface area contributed by atoms with Crippen molar-refractivity contribution in [3.8, 4) is 0 Å². The number of rotatable bonds is 4. The highest BCUT2D eigenvalue weighted by molar-refractivity contribution is 8.14. The number of ketones is 1. The highest BCUT2D eigenvalue weighted by atomic mass is 32.2. The first-order valence-corrected chi connectivity index (χ1v) is 9.85. The van der Waals surface area contributed by atoms with Crippen LogP contribution < -0.4 is 0 Å². The first-order valence-electron chi connectivity index (χ1n) is 8.87. The normalized spacial score (nSPS) is 18.1. The molecular weight excluding hydrogens is 358 g/mol. The van der Waals surface area contributed by atoms with E-state index in [1.807, 2.05) is 56.3 Å². The number of amides is 1. The zero-order valence-electron chi connectivity index (χ0n) is 15.1. The van der Waals surface area contributed by atoms with Crippen LogP contribution in [0.15, 0.2) is 64.6 Å². The number of fused-ring (bicyclic) bond motifs is 3. The highest BCUT2D eigenvalue weighted by Crippen LogP contribution is 2.34. The molecule has 0 radical (unpaired) electrons. The van der Waals surface area contributed by atoms with E-state index in [2.05, 4.69) is 9.98 Å². The molecule has 0 bridgehead atoms. The summed E-state index contributed by atoms with van der Waals surface area (Å²) < 4.78 is 0. The van der Waals surface area contributed by atoms with E-state index in [-0.39, 0.29) is 23.4 Å². The van der Waals surface area contributed by atoms with E-state index in [0.717, 1.165) is 11.3 Å². The molecule has 0 aliphatic carbocycles. The van der Waals surface area contributed by atoms with Gasteiger partial charge in [0.1, 0.15) is 11.9 Å². The monoisotopic (exact) mass is 377 g/mol. The summed E-state index contributed by atoms with van der Waals surface area (Å²) in [6.45, 7) is 3.97. The lowest BCUT2D eigenvalue weighted by atomic mass is 10.1. The van der Waals surface area contributed by atoms with Gasteiger partial charge in [0.15, 0.2) is 11.0 Å². The minimum atomic E-state index is -0.415. The van der Waals surface area contributed by atoms with Crippen molar-refractivity contribution in [2.45, 2.75) is 19.9 Å². The van der Waals surface area contributed by atoms with Gasteiger partial charge < -0.3 is 0 Å². The molecule has 2 aliphatic rings. The number of amidine groups is 2. The second-order valence-corrected chi connectivity index (χ2v) is 7.75. The first-order chi connectivity index (χ1) is 13.1. The van der Waals surface area contributed by atoms with Crippen LogP contribution in [-0.2, 0) is 4.79 Å². The molecule has 0 saturated heterocycles. The van der Waals surface area contributed by atoms with Crippen LogP contribution in [0.3, 0.4) is 0 Å². The molecule has 0 aromatic heterocycles. The third-order valence-electron chi connectivity index (χ3n) is 4.56. The Morgan fingerprint density at radius 2 is 1.81 bits per heavy atom. The summed E-state index contributed by atoms with van der Waals surface area (Å²) in [4.78, 5) is 36.3. The first kappa shape index (κ1) is 17.7. The van der Waals surface area contributed by atoms with E-state index in [9.17, 15) is 9.59 Å². The maximum atomic E-state index is 12.9. The predicted octanol–water partition coefficient (Wildman–Crippen LogP) is 3.92. The minimum absolute atomic E-state index is 0.00713. The van der Waals surface area contributed by atoms with Crippen LogP contribution >= 0.6 is 11.8 Å². The maximum Gasteiger partial charge on any atom is 0.259 e. The fourth-order valence-electron chi connectivity index (χ4n) is 3.14. The largest absolute Gasteiger partial charge is 0.293 e. The van der Waals surface area contributed by atoms with E-state index in [1.54, 1.807) is 17.0 Å². The van der Waals surface area contributed by atoms with Crippen molar-refractivity contribution in [1.29, 1.82) is 0 Å². The minimum Gasteiger partial charge on any atom is -0.293 e. The van der Waals surface area contributed by atoms with Crippen molar-refractivity contribution < 1.29 is 9.59 Å². The van der Waals surface area contributed by atoms with Crippen LogP contribution in [0.1, 0.15) is 29.8 Å². The van der Waals surface area contributed by atoms with Gasteiger partial charge in [0.2, 0.25) is 0 Å². The molecule has 2 heterocycles. The average molecular weight is 377 g/mol. The van der Waals surface area contributed by atoms with E-state index < -0.39 is 6.04 Å². The van der Waals surface area contributed by atoms with E-state index >= 15 is 0 Å². The van der Waals surface area contributed by atoms with Gasteiger partial charge in [-0.2, -0.15) is 0 Å². The number of hydrogen-bond acceptors (Lipinski definition) is 5. The van der Waals surface area contributed by atoms with Gasteiger partial charge in [-0.05, 0) is 18.1 Å². The molecule has 1 atom stereocenters. The molecule has 1 amide bonds. The summed E-state index contributed by atoms with van der Waals surface area (Å²) in [5.41, 5.74) is 2.29. The number of thioether (sulfide) groups is 1. The molecule has 0 spiro atoms. The zero-order chi connectivity index (χ0) is 19.0. The smallest absolute Gasteiger partial charge is 0.259 e. The molecule has 2 aliphatic heterocycles. The number of carbonyl (C=O) groups is 2. The third-order valence-corrected chi connectivity index (χ3v) is 5.50. The highest BCUT2D eigenvalue weighted by Gasteiger charge is 2.42. The van der Waals surface area contributed by atoms with Crippen molar-refractivity contribution in [2.24, 2.45) is 15.9 Å². The van der Waals surface area contributed by atoms with Gasteiger partial charge >= 0.3 is 0 Å². The molecule has 0 N–H and O–H groups in total. The summed E-state index contributed by atoms with van der Waals surface area (Å²) in [7, 11) is 0. The van der Waals surface area contributed by atoms with Crippen LogP contribution in [0.4, 0.5) is 5.69 Å². The molecule has 5 nitrogen and oxygen atoms in total. The molecule has 27 heavy (non-hydrogen) atoms. The van der Waals surface area contributed by atoms with Crippen LogP contribution in [0.25, 0.3) is 0 Å². The Kier molecular flexibility index (Phi) is 4.66. The van der Waals surface area contributed by atoms with Gasteiger partial charge in [-0.1, -0.05) is 68.1 Å². The van der Waals surface area contributed by atoms with Crippen molar-refractivity contribution in [2.75, 3.05) is 5.75 Å². The Morgan fingerprint density at radius 1 is 1.11 bits per heavy atom. The van der Waals surface area contributed by atoms with Crippen molar-refractivity contribution in [3.05, 3.63) is 65.7 Å². The van der Waals surface area contributed by atoms with E-state index in [4.69, 9.17) is 0 Å². The van der Waals surface area contributed by atoms with Crippen molar-refractivity contribution in [3.63, 3.8) is 0 Å². The molecule has 0 unspecified atom stereocenters. The van der Waals surface area contributed by atoms with Crippen LogP contribution in [0, 0.1) is 5.92 Å². The summed E-state index contributed by atoms with van der Waals surface area (Å²) in [5.74, 6) is 0.883. The predicted molar refractivity (Wildman–Crippen MR) is 109 cm³/mol. The molecule has 2 aromatic rings. The third kappa shape index (κ3) is 3.21. The Balaban J connectivity index is 1.64. The Labute approximate surface area is 162 Å². The molecule has 4 rings (SSSR count). The number of aliphatic imine (C=N–C) groups is 2. The molecule has 2 aromatic carbocycles. The fraction of sp³-hybridized carbons (Fsp3) is 0.238. The Hall–Kier alpha value is -2.73. The number of carbonyl (C=O) groups excluding carboxylic acids is 2. The SMILES string of the molecule is CC(C)[C@@H]1N=C2c3ccccc3N=C(SCC(=O)c3ccccc3)N2C1=O. The topological polar surface area (TPSA) is 62.1 Å². The average Bonchev–Trinajstić information content (AvgIpc) is 3.05. The lowest BCUT2D eigenvalue weighted by Crippen LogP contribution is -2.42. The van der Waals surface area contributed by atoms with Crippen LogP contribution in [0.2, 0.25) is 0 Å². The molecule has 0 fully saturated rings. The zero-order valence-corrected chi connectivity index (χ0v) is 15.9. The van der Waals surface area contributed by atoms with Crippen molar-refractivity contribution >= 4 is 40.1 Å². The lowest BCUT2D eigenvalue weighted by molar-refractivity contribution is -0.125. The number of Topliss-reactive ketones (excluding diaryl/α,β-unsaturated/α-hetero) is 1. The molecule has 6 heteroatoms. The number of nitrogens with zero attached hydrogens (tertiary/aromatic N) is 3. The van der Waals surface area contributed by atoms with Gasteiger partial charge in [-0.15, -0.1) is 0 Å². The van der Waals surface area contributed by atoms with Gasteiger partial charge in [-0.3, -0.25) is 14.6 Å². The second-order valence-electron chi connectivity index (χ2n) is 6.80. The summed E-state index contributed by atoms with van der Waals surface area (Å²) >= 11 is 1.28. The second kappa shape index (κ2) is 7.12. The Bertz CT molecular complexity index is 966. The summed E-state index contributed by atoms with van der Waals surface area (Å²) in [6, 6.07) is 16.4.